The summed E-state index contributed by atoms with van der Waals surface area (Å²) in [6, 6.07) is 28.6. The highest BCUT2D eigenvalue weighted by molar-refractivity contribution is 6.05. The summed E-state index contributed by atoms with van der Waals surface area (Å²) in [6.07, 6.45) is 0. The smallest absolute Gasteiger partial charge is 0.272 e. The van der Waals surface area contributed by atoms with Crippen LogP contribution in [0, 0.1) is 0 Å². The van der Waals surface area contributed by atoms with Crippen molar-refractivity contribution in [2.45, 2.75) is 0 Å². The van der Waals surface area contributed by atoms with Gasteiger partial charge in [0.25, 0.3) is 11.5 Å². The van der Waals surface area contributed by atoms with Crippen LogP contribution in [0.4, 0.5) is 5.69 Å². The number of nitrogens with one attached hydrogen (secondary N) is 2. The van der Waals surface area contributed by atoms with E-state index in [0.29, 0.717) is 40.0 Å². The van der Waals surface area contributed by atoms with E-state index in [9.17, 15) is 9.59 Å². The molecule has 0 aliphatic carbocycles. The normalized spacial score (nSPS) is 10.7. The number of amides is 1. The van der Waals surface area contributed by atoms with E-state index in [1.807, 2.05) is 36.4 Å². The van der Waals surface area contributed by atoms with Crippen molar-refractivity contribution in [3.63, 3.8) is 0 Å². The number of aromatic amines is 1. The monoisotopic (exact) mass is 451 g/mol. The molecule has 168 valence electrons. The summed E-state index contributed by atoms with van der Waals surface area (Å²) in [5.41, 5.74) is 1.90. The Hall–Kier alpha value is -4.78. The van der Waals surface area contributed by atoms with E-state index in [2.05, 4.69) is 10.3 Å². The van der Waals surface area contributed by atoms with Crippen LogP contribution in [0.1, 0.15) is 10.5 Å². The number of rotatable bonds is 6. The zero-order valence-corrected chi connectivity index (χ0v) is 18.3. The summed E-state index contributed by atoms with van der Waals surface area (Å²) in [5, 5.41) is 3.62. The Bertz CT molecular complexity index is 1520. The van der Waals surface area contributed by atoms with Crippen molar-refractivity contribution < 1.29 is 14.3 Å². The summed E-state index contributed by atoms with van der Waals surface area (Å²) >= 11 is 0. The molecule has 0 bridgehead atoms. The minimum absolute atomic E-state index is 0.211. The summed E-state index contributed by atoms with van der Waals surface area (Å²) in [5.74, 6) is 1.67. The topological polar surface area (TPSA) is 85.3 Å². The first-order valence-electron chi connectivity index (χ1n) is 10.6. The van der Waals surface area contributed by atoms with Gasteiger partial charge in [-0.1, -0.05) is 24.3 Å². The van der Waals surface area contributed by atoms with Crippen molar-refractivity contribution in [3.05, 3.63) is 113 Å². The first kappa shape index (κ1) is 21.1. The minimum atomic E-state index is -0.332. The lowest BCUT2D eigenvalue weighted by Crippen LogP contribution is -2.17. The van der Waals surface area contributed by atoms with E-state index >= 15 is 0 Å². The van der Waals surface area contributed by atoms with Crippen molar-refractivity contribution in [2.24, 2.45) is 0 Å². The first-order chi connectivity index (χ1) is 16.6. The zero-order chi connectivity index (χ0) is 23.5. The van der Waals surface area contributed by atoms with Gasteiger partial charge in [0, 0.05) is 23.2 Å². The predicted octanol–water partition coefficient (Wildman–Crippen LogP) is 5.37. The molecule has 7 nitrogen and oxygen atoms in total. The van der Waals surface area contributed by atoms with Gasteiger partial charge in [0.15, 0.2) is 0 Å². The highest BCUT2D eigenvalue weighted by atomic mass is 16.5. The van der Waals surface area contributed by atoms with Gasteiger partial charge in [-0.3, -0.25) is 14.2 Å². The predicted molar refractivity (Wildman–Crippen MR) is 131 cm³/mol. The van der Waals surface area contributed by atoms with Crippen LogP contribution in [0.15, 0.2) is 102 Å². The summed E-state index contributed by atoms with van der Waals surface area (Å²) in [6.45, 7) is 0. The van der Waals surface area contributed by atoms with E-state index in [-0.39, 0.29) is 11.5 Å². The highest BCUT2D eigenvalue weighted by Gasteiger charge is 2.14. The van der Waals surface area contributed by atoms with E-state index in [1.54, 1.807) is 61.7 Å². The Kier molecular flexibility index (Phi) is 5.58. The second-order valence-corrected chi connectivity index (χ2v) is 7.59. The second-order valence-electron chi connectivity index (χ2n) is 7.59. The SMILES string of the molecule is COc1ccc(-n2c(=O)ccc3cc(C(=O)Nc4cccc(Oc5ccccc5)c4)[nH]c32)cc1. The number of anilines is 1. The van der Waals surface area contributed by atoms with Gasteiger partial charge in [0.1, 0.15) is 28.6 Å². The average Bonchev–Trinajstić information content (AvgIpc) is 3.30. The van der Waals surface area contributed by atoms with E-state index < -0.39 is 0 Å². The number of aromatic nitrogens is 2. The molecule has 2 aromatic heterocycles. The van der Waals surface area contributed by atoms with Gasteiger partial charge < -0.3 is 19.8 Å². The van der Waals surface area contributed by atoms with Crippen LogP contribution in [0.3, 0.4) is 0 Å². The molecule has 7 heteroatoms. The van der Waals surface area contributed by atoms with Gasteiger partial charge in [-0.15, -0.1) is 0 Å². The standard InChI is InChI=1S/C27H21N3O4/c1-33-21-13-11-20(12-14-21)30-25(31)15-10-18-16-24(29-26(18)30)27(32)28-19-6-5-9-23(17-19)34-22-7-3-2-4-8-22/h2-17,29H,1H3,(H,28,32). The zero-order valence-electron chi connectivity index (χ0n) is 18.3. The quantitative estimate of drug-likeness (QED) is 0.363. The Morgan fingerprint density at radius 2 is 1.59 bits per heavy atom. The number of carbonyl (C=O) groups is 1. The highest BCUT2D eigenvalue weighted by Crippen LogP contribution is 2.25. The Balaban J connectivity index is 1.42. The number of carbonyl (C=O) groups excluding carboxylic acids is 1. The average molecular weight is 451 g/mol. The maximum Gasteiger partial charge on any atom is 0.272 e. The van der Waals surface area contributed by atoms with Gasteiger partial charge in [0.2, 0.25) is 0 Å². The molecule has 0 spiro atoms. The van der Waals surface area contributed by atoms with Gasteiger partial charge in [-0.2, -0.15) is 0 Å². The maximum absolute atomic E-state index is 13.0. The Labute approximate surface area is 195 Å². The molecule has 2 heterocycles. The lowest BCUT2D eigenvalue weighted by molar-refractivity contribution is 0.102. The maximum atomic E-state index is 13.0. The lowest BCUT2D eigenvalue weighted by Gasteiger charge is -2.09. The van der Waals surface area contributed by atoms with Crippen molar-refractivity contribution in [2.75, 3.05) is 12.4 Å². The summed E-state index contributed by atoms with van der Waals surface area (Å²) in [7, 11) is 1.58. The van der Waals surface area contributed by atoms with E-state index in [0.717, 1.165) is 5.39 Å². The molecule has 0 saturated heterocycles. The van der Waals surface area contributed by atoms with Crippen molar-refractivity contribution in [1.29, 1.82) is 0 Å². The molecular formula is C27H21N3O4. The molecule has 0 unspecified atom stereocenters. The molecule has 2 N–H and O–H groups in total. The van der Waals surface area contributed by atoms with Crippen LogP contribution in [0.25, 0.3) is 16.7 Å². The van der Waals surface area contributed by atoms with Gasteiger partial charge in [-0.25, -0.2) is 0 Å². The second kappa shape index (κ2) is 8.99. The van der Waals surface area contributed by atoms with Crippen LogP contribution >= 0.6 is 0 Å². The molecule has 0 saturated carbocycles. The molecule has 0 aliphatic rings. The number of H-pyrrole nitrogens is 1. The molecule has 3 aromatic carbocycles. The number of methoxy groups -OCH3 is 1. The number of pyridine rings is 1. The third-order valence-electron chi connectivity index (χ3n) is 5.32. The number of hydrogen-bond acceptors (Lipinski definition) is 4. The number of benzene rings is 3. The molecular weight excluding hydrogens is 430 g/mol. The van der Waals surface area contributed by atoms with Crippen LogP contribution in [-0.2, 0) is 0 Å². The largest absolute Gasteiger partial charge is 0.497 e. The van der Waals surface area contributed by atoms with Crippen molar-refractivity contribution in [1.82, 2.24) is 9.55 Å². The summed E-state index contributed by atoms with van der Waals surface area (Å²) < 4.78 is 12.6. The number of ether oxygens (including phenoxy) is 2. The molecule has 5 rings (SSSR count). The molecule has 1 amide bonds. The summed E-state index contributed by atoms with van der Waals surface area (Å²) in [4.78, 5) is 28.7. The number of hydrogen-bond donors (Lipinski definition) is 2. The molecule has 0 fully saturated rings. The number of nitrogens with zero attached hydrogens (tertiary/aromatic N) is 1. The van der Waals surface area contributed by atoms with Gasteiger partial charge in [-0.05, 0) is 60.7 Å². The Morgan fingerprint density at radius 3 is 2.35 bits per heavy atom. The molecule has 34 heavy (non-hydrogen) atoms. The molecule has 0 atom stereocenters. The fraction of sp³-hybridized carbons (Fsp3) is 0.0370. The van der Waals surface area contributed by atoms with E-state index in [4.69, 9.17) is 9.47 Å². The Morgan fingerprint density at radius 1 is 0.824 bits per heavy atom. The van der Waals surface area contributed by atoms with Crippen LogP contribution in [-0.4, -0.2) is 22.6 Å². The van der Waals surface area contributed by atoms with Crippen molar-refractivity contribution in [3.8, 4) is 22.9 Å². The third kappa shape index (κ3) is 4.27. The van der Waals surface area contributed by atoms with Crippen LogP contribution in [0.2, 0.25) is 0 Å². The lowest BCUT2D eigenvalue weighted by atomic mass is 10.2. The van der Waals surface area contributed by atoms with Crippen LogP contribution < -0.4 is 20.3 Å². The van der Waals surface area contributed by atoms with Crippen LogP contribution in [0.5, 0.6) is 17.2 Å². The van der Waals surface area contributed by atoms with Gasteiger partial charge in [0.05, 0.1) is 12.8 Å². The number of para-hydroxylation sites is 1. The van der Waals surface area contributed by atoms with E-state index in [1.165, 1.54) is 10.6 Å². The fourth-order valence-electron chi connectivity index (χ4n) is 3.69. The third-order valence-corrected chi connectivity index (χ3v) is 5.32. The van der Waals surface area contributed by atoms with Gasteiger partial charge >= 0.3 is 0 Å². The number of fused-ring (bicyclic) bond motifs is 1. The first-order valence-corrected chi connectivity index (χ1v) is 10.6. The fourth-order valence-corrected chi connectivity index (χ4v) is 3.69. The van der Waals surface area contributed by atoms with Crippen molar-refractivity contribution >= 4 is 22.6 Å². The molecule has 0 aliphatic heterocycles. The minimum Gasteiger partial charge on any atom is -0.497 e. The molecule has 5 aromatic rings. The molecule has 0 radical (unpaired) electrons.